The Kier molecular flexibility index (Phi) is 3.80. The van der Waals surface area contributed by atoms with E-state index in [9.17, 15) is 22.0 Å². The molecular formula is C14H6F5NO. The summed E-state index contributed by atoms with van der Waals surface area (Å²) in [6.45, 7) is 0. The van der Waals surface area contributed by atoms with Gasteiger partial charge in [-0.2, -0.15) is 18.4 Å². The van der Waals surface area contributed by atoms with E-state index in [2.05, 4.69) is 0 Å². The highest BCUT2D eigenvalue weighted by atomic mass is 19.4. The summed E-state index contributed by atoms with van der Waals surface area (Å²) in [5.41, 5.74) is -1.75. The Morgan fingerprint density at radius 2 is 1.52 bits per heavy atom. The third-order valence-corrected chi connectivity index (χ3v) is 2.49. The molecule has 2 nitrogen and oxygen atoms in total. The van der Waals surface area contributed by atoms with E-state index in [1.807, 2.05) is 0 Å². The fraction of sp³-hybridized carbons (Fsp3) is 0.0714. The van der Waals surface area contributed by atoms with E-state index >= 15 is 0 Å². The molecule has 108 valence electrons. The Hall–Kier alpha value is -2.62. The first-order chi connectivity index (χ1) is 9.79. The third kappa shape index (κ3) is 3.48. The maximum atomic E-state index is 13.0. The number of hydrogen-bond donors (Lipinski definition) is 0. The molecule has 0 aliphatic rings. The first-order valence-electron chi connectivity index (χ1n) is 5.55. The van der Waals surface area contributed by atoms with Crippen molar-refractivity contribution >= 4 is 0 Å². The highest BCUT2D eigenvalue weighted by molar-refractivity contribution is 5.45. The molecule has 0 aliphatic heterocycles. The molecule has 0 atom stereocenters. The number of alkyl halides is 3. The highest BCUT2D eigenvalue weighted by Crippen LogP contribution is 2.35. The van der Waals surface area contributed by atoms with E-state index in [1.165, 1.54) is 6.07 Å². The average molecular weight is 299 g/mol. The summed E-state index contributed by atoms with van der Waals surface area (Å²) >= 11 is 0. The molecule has 0 aromatic heterocycles. The monoisotopic (exact) mass is 299 g/mol. The van der Waals surface area contributed by atoms with Gasteiger partial charge in [0.25, 0.3) is 0 Å². The summed E-state index contributed by atoms with van der Waals surface area (Å²) in [6.07, 6.45) is -4.74. The number of halogens is 5. The standard InChI is InChI=1S/C14H6F5NO/c15-9-3-10(16)5-12(4-9)21-11-2-1-8(7-20)13(6-11)14(17,18)19/h1-6H. The van der Waals surface area contributed by atoms with Gasteiger partial charge in [0, 0.05) is 18.2 Å². The number of rotatable bonds is 2. The molecule has 0 heterocycles. The fourth-order valence-corrected chi connectivity index (χ4v) is 1.64. The normalized spacial score (nSPS) is 11.0. The second kappa shape index (κ2) is 5.40. The summed E-state index contributed by atoms with van der Waals surface area (Å²) < 4.78 is 69.2. The Morgan fingerprint density at radius 1 is 0.905 bits per heavy atom. The summed E-state index contributed by atoms with van der Waals surface area (Å²) in [6, 6.07) is 6.31. The van der Waals surface area contributed by atoms with Gasteiger partial charge in [-0.3, -0.25) is 0 Å². The molecule has 7 heteroatoms. The molecule has 0 N–H and O–H groups in total. The Morgan fingerprint density at radius 3 is 2.05 bits per heavy atom. The van der Waals surface area contributed by atoms with Gasteiger partial charge in [0.1, 0.15) is 23.1 Å². The van der Waals surface area contributed by atoms with Gasteiger partial charge < -0.3 is 4.74 Å². The lowest BCUT2D eigenvalue weighted by molar-refractivity contribution is -0.137. The minimum Gasteiger partial charge on any atom is -0.457 e. The molecule has 0 amide bonds. The summed E-state index contributed by atoms with van der Waals surface area (Å²) in [4.78, 5) is 0. The van der Waals surface area contributed by atoms with Crippen LogP contribution >= 0.6 is 0 Å². The van der Waals surface area contributed by atoms with E-state index in [0.29, 0.717) is 12.1 Å². The topological polar surface area (TPSA) is 33.0 Å². The largest absolute Gasteiger partial charge is 0.457 e. The molecule has 0 saturated heterocycles. The highest BCUT2D eigenvalue weighted by Gasteiger charge is 2.34. The Bertz CT molecular complexity index is 698. The van der Waals surface area contributed by atoms with Gasteiger partial charge in [0.15, 0.2) is 0 Å². The second-order valence-electron chi connectivity index (χ2n) is 4.02. The molecule has 0 aliphatic carbocycles. The van der Waals surface area contributed by atoms with Crippen LogP contribution in [0.3, 0.4) is 0 Å². The van der Waals surface area contributed by atoms with Crippen molar-refractivity contribution in [3.8, 4) is 17.6 Å². The number of benzene rings is 2. The quantitative estimate of drug-likeness (QED) is 0.756. The lowest BCUT2D eigenvalue weighted by Crippen LogP contribution is -2.07. The zero-order valence-electron chi connectivity index (χ0n) is 10.2. The first kappa shape index (κ1) is 14.8. The molecule has 2 aromatic rings. The summed E-state index contributed by atoms with van der Waals surface area (Å²) in [5, 5.41) is 8.65. The van der Waals surface area contributed by atoms with E-state index in [1.54, 1.807) is 0 Å². The number of nitrogens with zero attached hydrogens (tertiary/aromatic N) is 1. The van der Waals surface area contributed by atoms with Crippen LogP contribution in [-0.4, -0.2) is 0 Å². The molecule has 21 heavy (non-hydrogen) atoms. The van der Waals surface area contributed by atoms with Gasteiger partial charge in [-0.05, 0) is 18.2 Å². The van der Waals surface area contributed by atoms with E-state index in [4.69, 9.17) is 10.00 Å². The Balaban J connectivity index is 2.40. The van der Waals surface area contributed by atoms with Crippen molar-refractivity contribution in [2.75, 3.05) is 0 Å². The van der Waals surface area contributed by atoms with Gasteiger partial charge in [0.05, 0.1) is 17.2 Å². The van der Waals surface area contributed by atoms with Crippen molar-refractivity contribution in [3.63, 3.8) is 0 Å². The predicted molar refractivity (Wildman–Crippen MR) is 62.6 cm³/mol. The van der Waals surface area contributed by atoms with Crippen LogP contribution < -0.4 is 4.74 Å². The smallest absolute Gasteiger partial charge is 0.417 e. The van der Waals surface area contributed by atoms with Crippen LogP contribution in [0.4, 0.5) is 22.0 Å². The summed E-state index contributed by atoms with van der Waals surface area (Å²) in [7, 11) is 0. The SMILES string of the molecule is N#Cc1ccc(Oc2cc(F)cc(F)c2)cc1C(F)(F)F. The zero-order valence-corrected chi connectivity index (χ0v) is 10.2. The fourth-order valence-electron chi connectivity index (χ4n) is 1.64. The molecule has 0 saturated carbocycles. The summed E-state index contributed by atoms with van der Waals surface area (Å²) in [5.74, 6) is -2.42. The van der Waals surface area contributed by atoms with Crippen LogP contribution in [-0.2, 0) is 6.18 Å². The lowest BCUT2D eigenvalue weighted by atomic mass is 10.1. The van der Waals surface area contributed by atoms with Crippen molar-refractivity contribution in [1.29, 1.82) is 5.26 Å². The molecule has 0 spiro atoms. The molecule has 2 aromatic carbocycles. The van der Waals surface area contributed by atoms with Crippen LogP contribution in [0, 0.1) is 23.0 Å². The Labute approximate surface area is 116 Å². The average Bonchev–Trinajstić information content (AvgIpc) is 2.36. The zero-order chi connectivity index (χ0) is 15.6. The molecule has 0 fully saturated rings. The van der Waals surface area contributed by atoms with Gasteiger partial charge in [-0.25, -0.2) is 8.78 Å². The molecule has 0 unspecified atom stereocenters. The third-order valence-electron chi connectivity index (χ3n) is 2.49. The first-order valence-corrected chi connectivity index (χ1v) is 5.55. The minimum atomic E-state index is -4.74. The second-order valence-corrected chi connectivity index (χ2v) is 4.02. The van der Waals surface area contributed by atoms with Crippen LogP contribution in [0.15, 0.2) is 36.4 Å². The van der Waals surface area contributed by atoms with Crippen LogP contribution in [0.5, 0.6) is 11.5 Å². The molecule has 2 rings (SSSR count). The van der Waals surface area contributed by atoms with Gasteiger partial charge in [-0.15, -0.1) is 0 Å². The van der Waals surface area contributed by atoms with E-state index in [-0.39, 0.29) is 11.5 Å². The van der Waals surface area contributed by atoms with Crippen molar-refractivity contribution in [3.05, 3.63) is 59.2 Å². The molecule has 0 bridgehead atoms. The number of hydrogen-bond acceptors (Lipinski definition) is 2. The predicted octanol–water partition coefficient (Wildman–Crippen LogP) is 4.65. The van der Waals surface area contributed by atoms with Gasteiger partial charge in [-0.1, -0.05) is 0 Å². The maximum absolute atomic E-state index is 13.0. The van der Waals surface area contributed by atoms with E-state index in [0.717, 1.165) is 24.3 Å². The van der Waals surface area contributed by atoms with Crippen LogP contribution in [0.1, 0.15) is 11.1 Å². The maximum Gasteiger partial charge on any atom is 0.417 e. The number of nitriles is 1. The van der Waals surface area contributed by atoms with Gasteiger partial charge in [0.2, 0.25) is 0 Å². The van der Waals surface area contributed by atoms with Crippen molar-refractivity contribution < 1.29 is 26.7 Å². The minimum absolute atomic E-state index is 0.286. The van der Waals surface area contributed by atoms with E-state index < -0.39 is 28.9 Å². The van der Waals surface area contributed by atoms with Crippen molar-refractivity contribution in [2.24, 2.45) is 0 Å². The molecular weight excluding hydrogens is 293 g/mol. The van der Waals surface area contributed by atoms with Crippen molar-refractivity contribution in [2.45, 2.75) is 6.18 Å². The van der Waals surface area contributed by atoms with Crippen molar-refractivity contribution in [1.82, 2.24) is 0 Å². The molecule has 0 radical (unpaired) electrons. The number of ether oxygens (including phenoxy) is 1. The lowest BCUT2D eigenvalue weighted by Gasteiger charge is -2.11. The van der Waals surface area contributed by atoms with Gasteiger partial charge >= 0.3 is 6.18 Å². The van der Waals surface area contributed by atoms with Crippen LogP contribution in [0.2, 0.25) is 0 Å². The van der Waals surface area contributed by atoms with Crippen LogP contribution in [0.25, 0.3) is 0 Å².